The van der Waals surface area contributed by atoms with Gasteiger partial charge in [0, 0.05) is 77.1 Å². The Hall–Kier alpha value is -7.82. The van der Waals surface area contributed by atoms with Gasteiger partial charge in [-0.1, -0.05) is 66.7 Å². The summed E-state index contributed by atoms with van der Waals surface area (Å²) in [5.41, 5.74) is 8.08. The van der Waals surface area contributed by atoms with Crippen molar-refractivity contribution in [3.05, 3.63) is 179 Å². The number of methoxy groups -OCH3 is 1. The van der Waals surface area contributed by atoms with Crippen molar-refractivity contribution in [2.75, 3.05) is 31.0 Å². The number of carbonyl (C=O) groups excluding carboxylic acids is 4. The zero-order valence-electron chi connectivity index (χ0n) is 39.9. The molecule has 8 aromatic rings. The van der Waals surface area contributed by atoms with Gasteiger partial charge in [0.1, 0.15) is 30.2 Å². The summed E-state index contributed by atoms with van der Waals surface area (Å²) in [5, 5.41) is 8.65. The first-order chi connectivity index (χ1) is 34.8. The van der Waals surface area contributed by atoms with Crippen LogP contribution in [0.5, 0.6) is 11.5 Å². The van der Waals surface area contributed by atoms with E-state index in [0.717, 1.165) is 49.1 Å². The highest BCUT2D eigenvalue weighted by molar-refractivity contribution is 7.98. The minimum Gasteiger partial charge on any atom is -0.497 e. The molecule has 4 heterocycles. The number of nitrogens with one attached hydrogen (secondary N) is 4. The van der Waals surface area contributed by atoms with E-state index in [1.807, 2.05) is 54.6 Å². The second-order valence-corrected chi connectivity index (χ2v) is 21.2. The monoisotopic (exact) mass is 1000 g/mol. The molecule has 72 heavy (non-hydrogen) atoms. The number of hydrogen-bond acceptors (Lipinski definition) is 9. The number of H-pyrrole nitrogens is 2. The van der Waals surface area contributed by atoms with Crippen molar-refractivity contribution in [2.24, 2.45) is 0 Å². The number of sulfone groups is 1. The summed E-state index contributed by atoms with van der Waals surface area (Å²) < 4.78 is 39.2. The molecule has 0 unspecified atom stereocenters. The number of amides is 4. The van der Waals surface area contributed by atoms with Gasteiger partial charge in [-0.15, -0.1) is 11.8 Å². The average Bonchev–Trinajstić information content (AvgIpc) is 3.91. The number of thioether (sulfide) groups is 1. The van der Waals surface area contributed by atoms with Crippen LogP contribution in [0.15, 0.2) is 149 Å². The highest BCUT2D eigenvalue weighted by atomic mass is 32.2. The van der Waals surface area contributed by atoms with Crippen LogP contribution < -0.4 is 29.9 Å². The molecule has 4 bridgehead atoms. The molecule has 0 fully saturated rings. The fraction of sp³-hybridized carbons (Fsp3) is 0.214. The van der Waals surface area contributed by atoms with E-state index in [0.29, 0.717) is 45.4 Å². The van der Waals surface area contributed by atoms with Crippen molar-refractivity contribution in [2.45, 2.75) is 65.8 Å². The number of para-hydroxylation sites is 2. The Balaban J connectivity index is 0.880. The van der Waals surface area contributed by atoms with Crippen molar-refractivity contribution in [1.29, 1.82) is 0 Å². The van der Waals surface area contributed by atoms with Crippen molar-refractivity contribution in [3.63, 3.8) is 0 Å². The molecule has 0 saturated heterocycles. The number of aromatic amines is 2. The molecule has 6 aromatic carbocycles. The molecule has 14 nitrogen and oxygen atoms in total. The molecule has 4 amide bonds. The van der Waals surface area contributed by atoms with Gasteiger partial charge in [-0.3, -0.25) is 19.2 Å². The Morgan fingerprint density at radius 2 is 1.21 bits per heavy atom. The van der Waals surface area contributed by atoms with Gasteiger partial charge in [-0.05, 0) is 101 Å². The molecule has 16 heteroatoms. The predicted octanol–water partition coefficient (Wildman–Crippen LogP) is 8.00. The third-order valence-electron chi connectivity index (χ3n) is 13.3. The van der Waals surface area contributed by atoms with E-state index in [9.17, 15) is 27.6 Å². The maximum atomic E-state index is 14.4. The van der Waals surface area contributed by atoms with Gasteiger partial charge in [0.2, 0.25) is 23.6 Å². The normalized spacial score (nSPS) is 16.8. The van der Waals surface area contributed by atoms with Gasteiger partial charge in [0.25, 0.3) is 0 Å². The number of fused-ring (bicyclic) bond motifs is 10. The van der Waals surface area contributed by atoms with E-state index >= 15 is 0 Å². The largest absolute Gasteiger partial charge is 0.497 e. The lowest BCUT2D eigenvalue weighted by atomic mass is 9.99. The van der Waals surface area contributed by atoms with E-state index in [1.54, 1.807) is 111 Å². The van der Waals surface area contributed by atoms with Crippen molar-refractivity contribution in [1.82, 2.24) is 20.6 Å². The summed E-state index contributed by atoms with van der Waals surface area (Å²) in [5.74, 6) is 0.183. The first-order valence-electron chi connectivity index (χ1n) is 23.5. The van der Waals surface area contributed by atoms with Gasteiger partial charge in [-0.2, -0.15) is 0 Å². The molecule has 2 aromatic heterocycles. The number of nitrogens with zero attached hydrogens (tertiary/aromatic N) is 2. The van der Waals surface area contributed by atoms with Gasteiger partial charge in [0.15, 0.2) is 9.84 Å². The van der Waals surface area contributed by atoms with Crippen molar-refractivity contribution >= 4 is 78.4 Å². The maximum Gasteiger partial charge on any atom is 0.249 e. The lowest BCUT2D eigenvalue weighted by molar-refractivity contribution is -0.127. The fourth-order valence-corrected chi connectivity index (χ4v) is 12.0. The SMILES string of the molecule is COc1ccc(N(C)C(=O)[C@@H]2Cc3cc(COc4ccc(N(C)C(=O)[C@@H]5Cc6cccc(c6)S(=O)(=O)Cc6[nH]c7ccccc7c6CC(=O)N5)cc4)cc(c3)CSc3[nH]c4ccccc4c3CC(=O)N2)cc1. The minimum atomic E-state index is -3.80. The van der Waals surface area contributed by atoms with Crippen LogP contribution >= 0.6 is 11.8 Å². The van der Waals surface area contributed by atoms with E-state index in [-0.39, 0.29) is 60.7 Å². The average molecular weight is 1000 g/mol. The summed E-state index contributed by atoms with van der Waals surface area (Å²) in [6.45, 7) is 0.190. The van der Waals surface area contributed by atoms with Crippen LogP contribution in [0.2, 0.25) is 0 Å². The number of aromatic nitrogens is 2. The number of rotatable bonds is 8. The maximum absolute atomic E-state index is 14.4. The summed E-state index contributed by atoms with van der Waals surface area (Å²) >= 11 is 1.62. The molecule has 0 aliphatic carbocycles. The molecule has 4 N–H and O–H groups in total. The topological polar surface area (TPSA) is 183 Å². The first-order valence-corrected chi connectivity index (χ1v) is 26.2. The standard InChI is InChI=1S/C56H52N6O8S2/c1-61(38-15-19-40(69-3)20-16-38)56(66)50-28-35-23-36(25-37(24-35)32-71-54-46(30-53(64)59-50)44-12-5-7-14-48(44)60-54)31-70-41-21-17-39(18-22-41)62(2)55(65)49-27-34-9-8-10-42(26-34)72(67,68)33-51-45(29-52(63)58-49)43-11-4-6-13-47(43)57-51/h4-26,49-50,57,60H,27-33H2,1-3H3,(H,58,63)(H,59,64)/t49-,50-/m0/s1. The van der Waals surface area contributed by atoms with E-state index in [1.165, 1.54) is 4.90 Å². The highest BCUT2D eigenvalue weighted by Gasteiger charge is 2.31. The van der Waals surface area contributed by atoms with Crippen LogP contribution in [0.3, 0.4) is 0 Å². The molecule has 2 aliphatic rings. The summed E-state index contributed by atoms with van der Waals surface area (Å²) in [4.78, 5) is 66.3. The van der Waals surface area contributed by atoms with Crippen LogP contribution in [0.25, 0.3) is 21.8 Å². The van der Waals surface area contributed by atoms with Crippen LogP contribution in [0.1, 0.15) is 39.1 Å². The Morgan fingerprint density at radius 3 is 1.86 bits per heavy atom. The molecule has 0 saturated carbocycles. The molecular formula is C56H52N6O8S2. The second-order valence-electron chi connectivity index (χ2n) is 18.2. The molecule has 10 rings (SSSR count). The van der Waals surface area contributed by atoms with E-state index in [4.69, 9.17) is 9.47 Å². The molecule has 366 valence electrons. The Morgan fingerprint density at radius 1 is 0.639 bits per heavy atom. The Kier molecular flexibility index (Phi) is 13.4. The summed E-state index contributed by atoms with van der Waals surface area (Å²) in [6.07, 6.45) is 0.296. The zero-order valence-corrected chi connectivity index (χ0v) is 41.5. The highest BCUT2D eigenvalue weighted by Crippen LogP contribution is 2.34. The lowest BCUT2D eigenvalue weighted by Gasteiger charge is -2.26. The number of anilines is 2. The molecular weight excluding hydrogens is 949 g/mol. The quantitative estimate of drug-likeness (QED) is 0.117. The number of carbonyl (C=O) groups is 4. The smallest absolute Gasteiger partial charge is 0.249 e. The van der Waals surface area contributed by atoms with Gasteiger partial charge in [0.05, 0.1) is 35.6 Å². The zero-order chi connectivity index (χ0) is 50.1. The van der Waals surface area contributed by atoms with Crippen molar-refractivity contribution < 1.29 is 37.1 Å². The molecule has 2 aliphatic heterocycles. The second kappa shape index (κ2) is 20.1. The predicted molar refractivity (Wildman–Crippen MR) is 279 cm³/mol. The third-order valence-corrected chi connectivity index (χ3v) is 16.1. The summed E-state index contributed by atoms with van der Waals surface area (Å²) in [7, 11) is 1.12. The Labute approximate surface area is 421 Å². The fourth-order valence-electron chi connectivity index (χ4n) is 9.62. The van der Waals surface area contributed by atoms with E-state index < -0.39 is 27.8 Å². The first kappa shape index (κ1) is 47.8. The lowest BCUT2D eigenvalue weighted by Crippen LogP contribution is -2.49. The van der Waals surface area contributed by atoms with Gasteiger partial charge in [-0.25, -0.2) is 8.42 Å². The third kappa shape index (κ3) is 10.2. The number of hydrogen-bond donors (Lipinski definition) is 4. The molecule has 2 atom stereocenters. The van der Waals surface area contributed by atoms with Gasteiger partial charge >= 0.3 is 0 Å². The van der Waals surface area contributed by atoms with Crippen molar-refractivity contribution in [3.8, 4) is 11.5 Å². The number of ether oxygens (including phenoxy) is 2. The summed E-state index contributed by atoms with van der Waals surface area (Å²) in [6, 6.07) is 40.3. The van der Waals surface area contributed by atoms with Crippen LogP contribution in [0.4, 0.5) is 11.4 Å². The molecule has 0 radical (unpaired) electrons. The number of benzene rings is 6. The number of likely N-dealkylation sites (N-methyl/N-ethyl adjacent to an activating group) is 2. The van der Waals surface area contributed by atoms with Crippen LogP contribution in [-0.4, -0.2) is 75.3 Å². The minimum absolute atomic E-state index is 0.0728. The molecule has 0 spiro atoms. The van der Waals surface area contributed by atoms with Crippen LogP contribution in [-0.2, 0) is 72.8 Å². The Bertz CT molecular complexity index is 3500. The van der Waals surface area contributed by atoms with Gasteiger partial charge < -0.3 is 39.9 Å². The van der Waals surface area contributed by atoms with Crippen LogP contribution in [0, 0.1) is 0 Å². The van der Waals surface area contributed by atoms with E-state index in [2.05, 4.69) is 32.7 Å².